The maximum atomic E-state index is 12.8. The molecule has 0 aliphatic carbocycles. The summed E-state index contributed by atoms with van der Waals surface area (Å²) in [7, 11) is -3.26. The molecule has 3 rings (SSSR count). The van der Waals surface area contributed by atoms with Crippen molar-refractivity contribution in [2.75, 3.05) is 44.3 Å². The SMILES string of the molecule is CCc1nsc(N2CCC[C@H](S(=O)(=O)N3CCOCC3)C2)n1. The molecule has 0 aromatic carbocycles. The van der Waals surface area contributed by atoms with Gasteiger partial charge in [-0.25, -0.2) is 13.4 Å². The maximum absolute atomic E-state index is 12.8. The second-order valence-corrected chi connectivity index (χ2v) is 8.56. The van der Waals surface area contributed by atoms with Crippen molar-refractivity contribution in [3.63, 3.8) is 0 Å². The van der Waals surface area contributed by atoms with Crippen molar-refractivity contribution in [2.45, 2.75) is 31.4 Å². The molecule has 0 saturated carbocycles. The topological polar surface area (TPSA) is 75.6 Å². The van der Waals surface area contributed by atoms with E-state index in [1.54, 1.807) is 4.31 Å². The van der Waals surface area contributed by atoms with Crippen molar-refractivity contribution in [3.05, 3.63) is 5.82 Å². The highest BCUT2D eigenvalue weighted by Gasteiger charge is 2.36. The second-order valence-electron chi connectivity index (χ2n) is 5.61. The van der Waals surface area contributed by atoms with Crippen LogP contribution in [0.1, 0.15) is 25.6 Å². The van der Waals surface area contributed by atoms with Crippen molar-refractivity contribution >= 4 is 26.7 Å². The van der Waals surface area contributed by atoms with Crippen LogP contribution in [-0.2, 0) is 21.2 Å². The molecule has 7 nitrogen and oxygen atoms in total. The van der Waals surface area contributed by atoms with Crippen LogP contribution in [0, 0.1) is 0 Å². The Hall–Kier alpha value is -0.770. The van der Waals surface area contributed by atoms with Gasteiger partial charge in [-0.1, -0.05) is 6.92 Å². The van der Waals surface area contributed by atoms with E-state index in [4.69, 9.17) is 4.74 Å². The molecule has 3 heterocycles. The van der Waals surface area contributed by atoms with E-state index in [0.29, 0.717) is 32.8 Å². The standard InChI is InChI=1S/C13H22N4O3S2/c1-2-12-14-13(21-15-12)16-5-3-4-11(10-16)22(18,19)17-6-8-20-9-7-17/h11H,2-10H2,1H3/t11-/m0/s1. The molecule has 0 radical (unpaired) electrons. The molecule has 9 heteroatoms. The van der Waals surface area contributed by atoms with Gasteiger partial charge in [0.05, 0.1) is 18.5 Å². The first kappa shape index (κ1) is 16.1. The summed E-state index contributed by atoms with van der Waals surface area (Å²) in [5, 5.41) is 0.493. The van der Waals surface area contributed by atoms with Gasteiger partial charge in [0.25, 0.3) is 0 Å². The lowest BCUT2D eigenvalue weighted by atomic mass is 10.1. The Balaban J connectivity index is 1.71. The Bertz CT molecular complexity index is 598. The van der Waals surface area contributed by atoms with Gasteiger partial charge in [-0.3, -0.25) is 0 Å². The Morgan fingerprint density at radius 3 is 2.77 bits per heavy atom. The lowest BCUT2D eigenvalue weighted by Crippen LogP contribution is -2.50. The summed E-state index contributed by atoms with van der Waals surface area (Å²) >= 11 is 1.37. The van der Waals surface area contributed by atoms with Gasteiger partial charge in [-0.2, -0.15) is 8.68 Å². The van der Waals surface area contributed by atoms with Gasteiger partial charge < -0.3 is 9.64 Å². The van der Waals surface area contributed by atoms with Crippen LogP contribution >= 0.6 is 11.5 Å². The molecule has 124 valence electrons. The van der Waals surface area contributed by atoms with Gasteiger partial charge in [0.1, 0.15) is 5.82 Å². The lowest BCUT2D eigenvalue weighted by molar-refractivity contribution is 0.0725. The molecule has 1 aromatic rings. The number of morpholine rings is 1. The zero-order valence-electron chi connectivity index (χ0n) is 12.8. The summed E-state index contributed by atoms with van der Waals surface area (Å²) in [6.07, 6.45) is 2.39. The van der Waals surface area contributed by atoms with Crippen LogP contribution in [-0.4, -0.2) is 66.7 Å². The monoisotopic (exact) mass is 346 g/mol. The fraction of sp³-hybridized carbons (Fsp3) is 0.846. The van der Waals surface area contributed by atoms with Gasteiger partial charge in [-0.05, 0) is 12.8 Å². The molecule has 0 bridgehead atoms. The molecule has 2 saturated heterocycles. The third-order valence-electron chi connectivity index (χ3n) is 4.17. The fourth-order valence-electron chi connectivity index (χ4n) is 2.88. The van der Waals surface area contributed by atoms with E-state index in [1.807, 2.05) is 6.92 Å². The number of aromatic nitrogens is 2. The van der Waals surface area contributed by atoms with Gasteiger partial charge in [0.15, 0.2) is 0 Å². The van der Waals surface area contributed by atoms with E-state index in [0.717, 1.165) is 36.8 Å². The zero-order chi connectivity index (χ0) is 15.6. The molecule has 2 aliphatic heterocycles. The van der Waals surface area contributed by atoms with E-state index in [9.17, 15) is 8.42 Å². The molecular weight excluding hydrogens is 324 g/mol. The number of nitrogens with zero attached hydrogens (tertiary/aromatic N) is 4. The third-order valence-corrected chi connectivity index (χ3v) is 7.30. The molecule has 2 aliphatic rings. The van der Waals surface area contributed by atoms with Crippen LogP contribution in [0.4, 0.5) is 5.13 Å². The molecule has 0 unspecified atom stereocenters. The zero-order valence-corrected chi connectivity index (χ0v) is 14.4. The number of aryl methyl sites for hydroxylation is 1. The smallest absolute Gasteiger partial charge is 0.218 e. The highest BCUT2D eigenvalue weighted by atomic mass is 32.2. The number of hydrogen-bond donors (Lipinski definition) is 0. The van der Waals surface area contributed by atoms with Crippen LogP contribution in [0.3, 0.4) is 0 Å². The quantitative estimate of drug-likeness (QED) is 0.800. The normalized spacial score (nSPS) is 24.6. The minimum absolute atomic E-state index is 0.353. The van der Waals surface area contributed by atoms with Crippen LogP contribution in [0.5, 0.6) is 0 Å². The fourth-order valence-corrected chi connectivity index (χ4v) is 5.58. The number of anilines is 1. The Morgan fingerprint density at radius 2 is 2.09 bits per heavy atom. The predicted octanol–water partition coefficient (Wildman–Crippen LogP) is 0.731. The van der Waals surface area contributed by atoms with Gasteiger partial charge in [0, 0.05) is 44.1 Å². The molecule has 22 heavy (non-hydrogen) atoms. The molecule has 0 N–H and O–H groups in total. The van der Waals surface area contributed by atoms with Crippen LogP contribution in [0.2, 0.25) is 0 Å². The minimum atomic E-state index is -3.26. The summed E-state index contributed by atoms with van der Waals surface area (Å²) in [6.45, 7) is 5.31. The Morgan fingerprint density at radius 1 is 1.32 bits per heavy atom. The molecular formula is C13H22N4O3S2. The summed E-state index contributed by atoms with van der Waals surface area (Å²) in [5.41, 5.74) is 0. The number of rotatable bonds is 4. The third kappa shape index (κ3) is 3.27. The Kier molecular flexibility index (Phi) is 4.96. The van der Waals surface area contributed by atoms with Crippen molar-refractivity contribution in [1.29, 1.82) is 0 Å². The first-order chi connectivity index (χ1) is 10.6. The molecule has 0 amide bonds. The maximum Gasteiger partial charge on any atom is 0.218 e. The largest absolute Gasteiger partial charge is 0.379 e. The van der Waals surface area contributed by atoms with E-state index in [-0.39, 0.29) is 5.25 Å². The highest BCUT2D eigenvalue weighted by molar-refractivity contribution is 7.89. The van der Waals surface area contributed by atoms with Crippen LogP contribution in [0.25, 0.3) is 0 Å². The average molecular weight is 346 g/mol. The van der Waals surface area contributed by atoms with Gasteiger partial charge >= 0.3 is 0 Å². The summed E-state index contributed by atoms with van der Waals surface area (Å²) in [5.74, 6) is 0.832. The summed E-state index contributed by atoms with van der Waals surface area (Å²) in [4.78, 5) is 6.56. The predicted molar refractivity (Wildman–Crippen MR) is 85.8 cm³/mol. The molecule has 2 fully saturated rings. The van der Waals surface area contributed by atoms with Crippen LogP contribution < -0.4 is 4.90 Å². The summed E-state index contributed by atoms with van der Waals surface area (Å²) < 4.78 is 36.7. The number of piperidine rings is 1. The number of ether oxygens (including phenoxy) is 1. The first-order valence-electron chi connectivity index (χ1n) is 7.75. The van der Waals surface area contributed by atoms with Gasteiger partial charge in [0.2, 0.25) is 15.2 Å². The van der Waals surface area contributed by atoms with E-state index in [1.165, 1.54) is 11.5 Å². The Labute approximate surface area is 135 Å². The van der Waals surface area contributed by atoms with E-state index < -0.39 is 10.0 Å². The van der Waals surface area contributed by atoms with Crippen molar-refractivity contribution < 1.29 is 13.2 Å². The van der Waals surface area contributed by atoms with Crippen molar-refractivity contribution in [2.24, 2.45) is 0 Å². The van der Waals surface area contributed by atoms with Crippen molar-refractivity contribution in [3.8, 4) is 0 Å². The number of sulfonamides is 1. The van der Waals surface area contributed by atoms with Gasteiger partial charge in [-0.15, -0.1) is 0 Å². The highest BCUT2D eigenvalue weighted by Crippen LogP contribution is 2.26. The first-order valence-corrected chi connectivity index (χ1v) is 10.0. The van der Waals surface area contributed by atoms with Crippen LogP contribution in [0.15, 0.2) is 0 Å². The number of hydrogen-bond acceptors (Lipinski definition) is 7. The molecule has 1 atom stereocenters. The summed E-state index contributed by atoms with van der Waals surface area (Å²) in [6, 6.07) is 0. The lowest BCUT2D eigenvalue weighted by Gasteiger charge is -2.36. The minimum Gasteiger partial charge on any atom is -0.379 e. The van der Waals surface area contributed by atoms with Crippen molar-refractivity contribution in [1.82, 2.24) is 13.7 Å². The average Bonchev–Trinajstić information content (AvgIpc) is 3.05. The second kappa shape index (κ2) is 6.77. The molecule has 0 spiro atoms. The van der Waals surface area contributed by atoms with E-state index in [2.05, 4.69) is 14.3 Å². The molecule has 1 aromatic heterocycles. The van der Waals surface area contributed by atoms with E-state index >= 15 is 0 Å².